The summed E-state index contributed by atoms with van der Waals surface area (Å²) in [5, 5.41) is 4.00. The molecular formula is C22H21O2P. The van der Waals surface area contributed by atoms with Crippen LogP contribution in [0.3, 0.4) is 0 Å². The summed E-state index contributed by atoms with van der Waals surface area (Å²) >= 11 is 0. The van der Waals surface area contributed by atoms with Gasteiger partial charge in [-0.3, -0.25) is 0 Å². The lowest BCUT2D eigenvalue weighted by Crippen LogP contribution is -2.20. The molecule has 3 aromatic carbocycles. The predicted octanol–water partition coefficient (Wildman–Crippen LogP) is 3.98. The fourth-order valence-electron chi connectivity index (χ4n) is 2.58. The van der Waals surface area contributed by atoms with Crippen molar-refractivity contribution in [2.24, 2.45) is 0 Å². The topological polar surface area (TPSA) is 18.5 Å². The first kappa shape index (κ1) is 17.3. The van der Waals surface area contributed by atoms with Gasteiger partial charge in [0.1, 0.15) is 19.0 Å². The molecule has 0 saturated heterocycles. The Balaban J connectivity index is 1.83. The highest BCUT2D eigenvalue weighted by Gasteiger charge is 2.15. The lowest BCUT2D eigenvalue weighted by atomic mass is 10.3. The SMILES string of the molecule is C=COCCOc1ccc(P(c2ccccc2)c2ccccc2)cc1. The first-order valence-electron chi connectivity index (χ1n) is 8.24. The first-order valence-corrected chi connectivity index (χ1v) is 9.58. The highest BCUT2D eigenvalue weighted by Crippen LogP contribution is 2.33. The van der Waals surface area contributed by atoms with Crippen LogP contribution in [0.1, 0.15) is 0 Å². The van der Waals surface area contributed by atoms with Crippen molar-refractivity contribution in [1.29, 1.82) is 0 Å². The molecule has 0 saturated carbocycles. The second-order valence-electron chi connectivity index (χ2n) is 5.39. The number of hydrogen-bond acceptors (Lipinski definition) is 2. The average Bonchev–Trinajstić information content (AvgIpc) is 2.68. The second-order valence-corrected chi connectivity index (χ2v) is 7.61. The molecular weight excluding hydrogens is 327 g/mol. The van der Waals surface area contributed by atoms with E-state index in [1.165, 1.54) is 22.2 Å². The summed E-state index contributed by atoms with van der Waals surface area (Å²) in [6.45, 7) is 4.54. The quantitative estimate of drug-likeness (QED) is 0.348. The highest BCUT2D eigenvalue weighted by molar-refractivity contribution is 7.79. The van der Waals surface area contributed by atoms with Crippen LogP contribution in [0.15, 0.2) is 97.8 Å². The van der Waals surface area contributed by atoms with Crippen LogP contribution in [0.2, 0.25) is 0 Å². The summed E-state index contributed by atoms with van der Waals surface area (Å²) in [4.78, 5) is 0. The monoisotopic (exact) mass is 348 g/mol. The molecule has 0 unspecified atom stereocenters. The minimum absolute atomic E-state index is 0.506. The molecule has 0 spiro atoms. The van der Waals surface area contributed by atoms with Gasteiger partial charge in [0.25, 0.3) is 0 Å². The number of benzene rings is 3. The largest absolute Gasteiger partial charge is 0.498 e. The van der Waals surface area contributed by atoms with Crippen LogP contribution in [0.4, 0.5) is 0 Å². The molecule has 0 amide bonds. The molecule has 0 heterocycles. The minimum atomic E-state index is -0.571. The molecule has 126 valence electrons. The van der Waals surface area contributed by atoms with Crippen LogP contribution in [-0.4, -0.2) is 13.2 Å². The van der Waals surface area contributed by atoms with Gasteiger partial charge in [0.2, 0.25) is 0 Å². The van der Waals surface area contributed by atoms with Crippen molar-refractivity contribution in [2.75, 3.05) is 13.2 Å². The molecule has 0 aliphatic heterocycles. The van der Waals surface area contributed by atoms with Crippen LogP contribution < -0.4 is 20.7 Å². The molecule has 2 nitrogen and oxygen atoms in total. The van der Waals surface area contributed by atoms with Gasteiger partial charge in [-0.2, -0.15) is 0 Å². The van der Waals surface area contributed by atoms with E-state index in [1.807, 2.05) is 12.1 Å². The van der Waals surface area contributed by atoms with Gasteiger partial charge in [-0.05, 0) is 36.0 Å². The average molecular weight is 348 g/mol. The van der Waals surface area contributed by atoms with Crippen molar-refractivity contribution in [3.05, 3.63) is 97.8 Å². The van der Waals surface area contributed by atoms with Crippen LogP contribution >= 0.6 is 7.92 Å². The summed E-state index contributed by atoms with van der Waals surface area (Å²) in [5.74, 6) is 0.854. The summed E-state index contributed by atoms with van der Waals surface area (Å²) in [5.41, 5.74) is 0. The van der Waals surface area contributed by atoms with E-state index in [2.05, 4.69) is 79.4 Å². The highest BCUT2D eigenvalue weighted by atomic mass is 31.1. The van der Waals surface area contributed by atoms with Gasteiger partial charge in [0, 0.05) is 0 Å². The molecule has 0 fully saturated rings. The van der Waals surface area contributed by atoms with E-state index in [-0.39, 0.29) is 0 Å². The maximum absolute atomic E-state index is 5.69. The van der Waals surface area contributed by atoms with Crippen LogP contribution in [0.5, 0.6) is 5.75 Å². The van der Waals surface area contributed by atoms with Crippen LogP contribution in [-0.2, 0) is 4.74 Å². The predicted molar refractivity (Wildman–Crippen MR) is 107 cm³/mol. The van der Waals surface area contributed by atoms with Gasteiger partial charge in [-0.1, -0.05) is 79.4 Å². The van der Waals surface area contributed by atoms with Gasteiger partial charge in [-0.15, -0.1) is 0 Å². The zero-order chi connectivity index (χ0) is 17.3. The zero-order valence-electron chi connectivity index (χ0n) is 14.0. The van der Waals surface area contributed by atoms with E-state index in [9.17, 15) is 0 Å². The number of ether oxygens (including phenoxy) is 2. The maximum Gasteiger partial charge on any atom is 0.122 e. The Labute approximate surface area is 150 Å². The normalized spacial score (nSPS) is 10.4. The standard InChI is InChI=1S/C22H21O2P/c1-2-23-17-18-24-19-13-15-22(16-14-19)25(20-9-5-3-6-10-20)21-11-7-4-8-12-21/h2-16H,1,17-18H2. The lowest BCUT2D eigenvalue weighted by molar-refractivity contribution is 0.179. The van der Waals surface area contributed by atoms with Crippen molar-refractivity contribution in [3.8, 4) is 5.75 Å². The summed E-state index contributed by atoms with van der Waals surface area (Å²) < 4.78 is 10.8. The molecule has 0 radical (unpaired) electrons. The van der Waals surface area contributed by atoms with Gasteiger partial charge in [0.15, 0.2) is 0 Å². The molecule has 0 bridgehead atoms. The fourth-order valence-corrected chi connectivity index (χ4v) is 4.87. The molecule has 3 heteroatoms. The van der Waals surface area contributed by atoms with Crippen molar-refractivity contribution >= 4 is 23.8 Å². The molecule has 0 aliphatic rings. The molecule has 0 aliphatic carbocycles. The Morgan fingerprint density at radius 2 is 1.20 bits per heavy atom. The Kier molecular flexibility index (Phi) is 6.25. The van der Waals surface area contributed by atoms with E-state index in [4.69, 9.17) is 9.47 Å². The van der Waals surface area contributed by atoms with Crippen LogP contribution in [0, 0.1) is 0 Å². The molecule has 3 aromatic rings. The van der Waals surface area contributed by atoms with Crippen molar-refractivity contribution in [3.63, 3.8) is 0 Å². The third-order valence-corrected chi connectivity index (χ3v) is 6.16. The minimum Gasteiger partial charge on any atom is -0.498 e. The molecule has 0 atom stereocenters. The fraction of sp³-hybridized carbons (Fsp3) is 0.0909. The van der Waals surface area contributed by atoms with Gasteiger partial charge >= 0.3 is 0 Å². The zero-order valence-corrected chi connectivity index (χ0v) is 14.9. The van der Waals surface area contributed by atoms with Gasteiger partial charge in [0.05, 0.1) is 6.26 Å². The van der Waals surface area contributed by atoms with E-state index >= 15 is 0 Å². The second kappa shape index (κ2) is 9.05. The smallest absolute Gasteiger partial charge is 0.122 e. The summed E-state index contributed by atoms with van der Waals surface area (Å²) in [7, 11) is -0.571. The van der Waals surface area contributed by atoms with Gasteiger partial charge in [-0.25, -0.2) is 0 Å². The van der Waals surface area contributed by atoms with Crippen molar-refractivity contribution in [1.82, 2.24) is 0 Å². The van der Waals surface area contributed by atoms with Crippen molar-refractivity contribution in [2.45, 2.75) is 0 Å². The van der Waals surface area contributed by atoms with E-state index in [1.54, 1.807) is 0 Å². The summed E-state index contributed by atoms with van der Waals surface area (Å²) in [6.07, 6.45) is 1.43. The number of rotatable bonds is 8. The van der Waals surface area contributed by atoms with Crippen LogP contribution in [0.25, 0.3) is 0 Å². The van der Waals surface area contributed by atoms with E-state index < -0.39 is 7.92 Å². The molecule has 25 heavy (non-hydrogen) atoms. The Morgan fingerprint density at radius 3 is 1.72 bits per heavy atom. The first-order chi connectivity index (χ1) is 12.4. The molecule has 3 rings (SSSR count). The number of hydrogen-bond donors (Lipinski definition) is 0. The van der Waals surface area contributed by atoms with Gasteiger partial charge < -0.3 is 9.47 Å². The third kappa shape index (κ3) is 4.71. The lowest BCUT2D eigenvalue weighted by Gasteiger charge is -2.19. The summed E-state index contributed by atoms with van der Waals surface area (Å²) in [6, 6.07) is 29.7. The molecule has 0 N–H and O–H groups in total. The van der Waals surface area contributed by atoms with E-state index in [0.717, 1.165) is 5.75 Å². The Bertz CT molecular complexity index is 731. The van der Waals surface area contributed by atoms with E-state index in [0.29, 0.717) is 13.2 Å². The third-order valence-electron chi connectivity index (χ3n) is 3.71. The maximum atomic E-state index is 5.69. The van der Waals surface area contributed by atoms with Crippen molar-refractivity contribution < 1.29 is 9.47 Å². The molecule has 0 aromatic heterocycles. The Hall–Kier alpha value is -2.57. The Morgan fingerprint density at radius 1 is 0.680 bits per heavy atom.